The second-order valence-electron chi connectivity index (χ2n) is 5.58. The van der Waals surface area contributed by atoms with E-state index in [-0.39, 0.29) is 30.2 Å². The molecule has 0 radical (unpaired) electrons. The zero-order valence-electron chi connectivity index (χ0n) is 13.0. The van der Waals surface area contributed by atoms with Crippen molar-refractivity contribution in [2.24, 2.45) is 11.8 Å². The maximum absolute atomic E-state index is 12.2. The van der Waals surface area contributed by atoms with E-state index in [1.165, 1.54) is 13.0 Å². The van der Waals surface area contributed by atoms with Crippen molar-refractivity contribution in [3.05, 3.63) is 24.8 Å². The molecule has 7 nitrogen and oxygen atoms in total. The number of nitrogens with one attached hydrogen (secondary N) is 1. The first-order valence-corrected chi connectivity index (χ1v) is 7.54. The van der Waals surface area contributed by atoms with Gasteiger partial charge in [-0.1, -0.05) is 18.2 Å². The van der Waals surface area contributed by atoms with Crippen molar-refractivity contribution in [2.45, 2.75) is 25.9 Å². The van der Waals surface area contributed by atoms with Gasteiger partial charge in [-0.3, -0.25) is 24.1 Å². The number of carbonyl (C=O) groups excluding carboxylic acids is 4. The molecule has 7 heteroatoms. The van der Waals surface area contributed by atoms with Gasteiger partial charge in [0.1, 0.15) is 6.54 Å². The van der Waals surface area contributed by atoms with Crippen molar-refractivity contribution in [2.75, 3.05) is 13.1 Å². The Morgan fingerprint density at radius 1 is 1.35 bits per heavy atom. The third-order valence-electron chi connectivity index (χ3n) is 3.98. The minimum atomic E-state index is -1.00. The second-order valence-corrected chi connectivity index (χ2v) is 5.58. The van der Waals surface area contributed by atoms with Crippen LogP contribution in [0.1, 0.15) is 19.8 Å². The van der Waals surface area contributed by atoms with E-state index in [2.05, 4.69) is 11.9 Å². The molecule has 124 valence electrons. The number of fused-ring (bicyclic) bond motifs is 1. The maximum atomic E-state index is 12.2. The van der Waals surface area contributed by atoms with E-state index >= 15 is 0 Å². The van der Waals surface area contributed by atoms with Gasteiger partial charge in [0, 0.05) is 6.54 Å². The predicted octanol–water partition coefficient (Wildman–Crippen LogP) is 0.171. The maximum Gasteiger partial charge on any atom is 0.326 e. The van der Waals surface area contributed by atoms with Crippen LogP contribution in [-0.2, 0) is 23.9 Å². The summed E-state index contributed by atoms with van der Waals surface area (Å²) in [7, 11) is 0. The summed E-state index contributed by atoms with van der Waals surface area (Å²) in [6.07, 6.45) is 5.28. The van der Waals surface area contributed by atoms with Crippen LogP contribution in [0.2, 0.25) is 0 Å². The number of hydrogen-bond donors (Lipinski definition) is 1. The number of nitrogens with zero attached hydrogens (tertiary/aromatic N) is 1. The molecule has 0 bridgehead atoms. The normalized spacial score (nSPS) is 24.1. The molecule has 2 aliphatic rings. The lowest BCUT2D eigenvalue weighted by molar-refractivity contribution is -0.159. The van der Waals surface area contributed by atoms with Crippen LogP contribution in [0.25, 0.3) is 0 Å². The molecular formula is C16H20N2O5. The highest BCUT2D eigenvalue weighted by Crippen LogP contribution is 2.34. The standard InChI is InChI=1S/C16H20N2O5/c1-3-8-17-14(20)10(2)23-13(19)9-18-15(21)11-6-4-5-7-12(11)16(18)22/h3-5,10-12H,1,6-9H2,2H3,(H,17,20)/t10-,11-,12+/m0/s1. The number of likely N-dealkylation sites (tertiary alicyclic amines) is 1. The summed E-state index contributed by atoms with van der Waals surface area (Å²) in [6, 6.07) is 0. The fourth-order valence-corrected chi connectivity index (χ4v) is 2.76. The first-order chi connectivity index (χ1) is 11.0. The lowest BCUT2D eigenvalue weighted by atomic mass is 9.85. The third-order valence-corrected chi connectivity index (χ3v) is 3.98. The van der Waals surface area contributed by atoms with Gasteiger partial charge in [0.2, 0.25) is 11.8 Å². The van der Waals surface area contributed by atoms with Gasteiger partial charge < -0.3 is 10.1 Å². The summed E-state index contributed by atoms with van der Waals surface area (Å²) in [5, 5.41) is 2.50. The number of hydrogen-bond acceptors (Lipinski definition) is 5. The van der Waals surface area contributed by atoms with E-state index in [0.717, 1.165) is 4.90 Å². The molecule has 1 N–H and O–H groups in total. The Bertz CT molecular complexity index is 543. The van der Waals surface area contributed by atoms with Crippen LogP contribution in [0, 0.1) is 11.8 Å². The van der Waals surface area contributed by atoms with Gasteiger partial charge in [-0.05, 0) is 19.8 Å². The fraction of sp³-hybridized carbons (Fsp3) is 0.500. The Morgan fingerprint density at radius 3 is 2.43 bits per heavy atom. The molecular weight excluding hydrogens is 300 g/mol. The average Bonchev–Trinajstić information content (AvgIpc) is 2.78. The van der Waals surface area contributed by atoms with Crippen LogP contribution < -0.4 is 5.32 Å². The van der Waals surface area contributed by atoms with E-state index in [0.29, 0.717) is 12.8 Å². The summed E-state index contributed by atoms with van der Waals surface area (Å²) in [4.78, 5) is 48.9. The Balaban J connectivity index is 1.90. The summed E-state index contributed by atoms with van der Waals surface area (Å²) >= 11 is 0. The molecule has 0 unspecified atom stereocenters. The molecule has 1 saturated heterocycles. The number of allylic oxidation sites excluding steroid dienone is 2. The molecule has 0 aromatic carbocycles. The Labute approximate surface area is 134 Å². The molecule has 3 atom stereocenters. The van der Waals surface area contributed by atoms with Crippen molar-refractivity contribution in [3.63, 3.8) is 0 Å². The van der Waals surface area contributed by atoms with Gasteiger partial charge in [-0.2, -0.15) is 0 Å². The molecule has 0 saturated carbocycles. The highest BCUT2D eigenvalue weighted by molar-refractivity contribution is 6.07. The predicted molar refractivity (Wildman–Crippen MR) is 80.8 cm³/mol. The lowest BCUT2D eigenvalue weighted by Crippen LogP contribution is -2.41. The largest absolute Gasteiger partial charge is 0.451 e. The summed E-state index contributed by atoms with van der Waals surface area (Å²) in [5.41, 5.74) is 0. The van der Waals surface area contributed by atoms with Crippen molar-refractivity contribution in [1.82, 2.24) is 10.2 Å². The molecule has 3 amide bonds. The molecule has 1 fully saturated rings. The van der Waals surface area contributed by atoms with E-state index in [1.807, 2.05) is 12.2 Å². The van der Waals surface area contributed by atoms with Crippen molar-refractivity contribution in [3.8, 4) is 0 Å². The molecule has 1 heterocycles. The number of ether oxygens (including phenoxy) is 1. The van der Waals surface area contributed by atoms with Crippen LogP contribution in [0.3, 0.4) is 0 Å². The molecule has 0 aromatic rings. The number of esters is 1. The molecule has 0 aromatic heterocycles. The van der Waals surface area contributed by atoms with Gasteiger partial charge in [0.15, 0.2) is 6.10 Å². The first-order valence-electron chi connectivity index (χ1n) is 7.54. The van der Waals surface area contributed by atoms with Crippen LogP contribution >= 0.6 is 0 Å². The Hall–Kier alpha value is -2.44. The van der Waals surface area contributed by atoms with Crippen LogP contribution in [0.5, 0.6) is 0 Å². The van der Waals surface area contributed by atoms with E-state index in [9.17, 15) is 19.2 Å². The minimum Gasteiger partial charge on any atom is -0.451 e. The molecule has 1 aliphatic heterocycles. The monoisotopic (exact) mass is 320 g/mol. The van der Waals surface area contributed by atoms with Crippen molar-refractivity contribution < 1.29 is 23.9 Å². The van der Waals surface area contributed by atoms with Gasteiger partial charge in [0.25, 0.3) is 5.91 Å². The van der Waals surface area contributed by atoms with Gasteiger partial charge in [0.05, 0.1) is 11.8 Å². The van der Waals surface area contributed by atoms with Gasteiger partial charge in [-0.15, -0.1) is 6.58 Å². The van der Waals surface area contributed by atoms with Gasteiger partial charge >= 0.3 is 5.97 Å². The number of amides is 3. The van der Waals surface area contributed by atoms with E-state index < -0.39 is 24.5 Å². The summed E-state index contributed by atoms with van der Waals surface area (Å²) in [5.74, 6) is -2.69. The highest BCUT2D eigenvalue weighted by atomic mass is 16.5. The van der Waals surface area contributed by atoms with E-state index in [1.54, 1.807) is 0 Å². The third kappa shape index (κ3) is 3.67. The van der Waals surface area contributed by atoms with Crippen LogP contribution in [0.15, 0.2) is 24.8 Å². The zero-order chi connectivity index (χ0) is 17.0. The molecule has 2 rings (SSSR count). The fourth-order valence-electron chi connectivity index (χ4n) is 2.76. The Kier molecular flexibility index (Phi) is 5.31. The quantitative estimate of drug-likeness (QED) is 0.428. The molecule has 0 spiro atoms. The van der Waals surface area contributed by atoms with Crippen LogP contribution in [0.4, 0.5) is 0 Å². The minimum absolute atomic E-state index is 0.264. The van der Waals surface area contributed by atoms with Gasteiger partial charge in [-0.25, -0.2) is 0 Å². The number of rotatable bonds is 6. The lowest BCUT2D eigenvalue weighted by Gasteiger charge is -2.16. The summed E-state index contributed by atoms with van der Waals surface area (Å²) in [6.45, 7) is 4.70. The van der Waals surface area contributed by atoms with E-state index in [4.69, 9.17) is 4.74 Å². The second kappa shape index (κ2) is 7.21. The first kappa shape index (κ1) is 16.9. The summed E-state index contributed by atoms with van der Waals surface area (Å²) < 4.78 is 4.97. The van der Waals surface area contributed by atoms with Crippen LogP contribution in [-0.4, -0.2) is 47.8 Å². The topological polar surface area (TPSA) is 92.8 Å². The van der Waals surface area contributed by atoms with Crippen molar-refractivity contribution >= 4 is 23.7 Å². The average molecular weight is 320 g/mol. The SMILES string of the molecule is C=CCNC(=O)[C@H](C)OC(=O)CN1C(=O)[C@H]2CC=CC[C@H]2C1=O. The number of imide groups is 1. The molecule has 1 aliphatic carbocycles. The molecule has 23 heavy (non-hydrogen) atoms. The number of carbonyl (C=O) groups is 4. The zero-order valence-corrected chi connectivity index (χ0v) is 13.0. The highest BCUT2D eigenvalue weighted by Gasteiger charge is 2.47. The smallest absolute Gasteiger partial charge is 0.326 e. The Morgan fingerprint density at radius 2 is 1.91 bits per heavy atom. The van der Waals surface area contributed by atoms with Crippen molar-refractivity contribution in [1.29, 1.82) is 0 Å².